The lowest BCUT2D eigenvalue weighted by atomic mass is 9.78. The van der Waals surface area contributed by atoms with Gasteiger partial charge in [-0.1, -0.05) is 61.4 Å². The Hall–Kier alpha value is -1.86. The van der Waals surface area contributed by atoms with Gasteiger partial charge in [-0.3, -0.25) is 9.69 Å². The van der Waals surface area contributed by atoms with Crippen LogP contribution in [-0.2, 0) is 17.9 Å². The van der Waals surface area contributed by atoms with Gasteiger partial charge in [0.15, 0.2) is 5.16 Å². The van der Waals surface area contributed by atoms with Gasteiger partial charge in [0.1, 0.15) is 5.82 Å². The average molecular weight is 468 g/mol. The molecule has 1 aliphatic carbocycles. The highest BCUT2D eigenvalue weighted by Crippen LogP contribution is 2.35. The maximum Gasteiger partial charge on any atom is 0.233 e. The van der Waals surface area contributed by atoms with Crippen LogP contribution in [-0.4, -0.2) is 61.9 Å². The SMILES string of the molecule is O=C(CSc1nnc(CN2CCCCC2)n1Cc1ccccc1)N1CCCC2CCCCC21. The van der Waals surface area contributed by atoms with Crippen LogP contribution in [0.15, 0.2) is 35.5 Å². The molecular formula is C26H37N5OS. The fraction of sp³-hybridized carbons (Fsp3) is 0.654. The van der Waals surface area contributed by atoms with Crippen molar-refractivity contribution in [1.29, 1.82) is 0 Å². The molecule has 1 aromatic carbocycles. The molecule has 0 N–H and O–H groups in total. The molecule has 178 valence electrons. The van der Waals surface area contributed by atoms with E-state index in [4.69, 9.17) is 0 Å². The quantitative estimate of drug-likeness (QED) is 0.558. The Morgan fingerprint density at radius 3 is 2.52 bits per heavy atom. The Kier molecular flexibility index (Phi) is 7.67. The first-order chi connectivity index (χ1) is 16.3. The highest BCUT2D eigenvalue weighted by Gasteiger charge is 2.35. The summed E-state index contributed by atoms with van der Waals surface area (Å²) in [6.07, 6.45) is 11.4. The Labute approximate surface area is 202 Å². The van der Waals surface area contributed by atoms with E-state index in [2.05, 4.69) is 54.9 Å². The Bertz CT molecular complexity index is 909. The standard InChI is InChI=1S/C26H37N5OS/c32-25(30-17-9-13-22-12-5-6-14-23(22)30)20-33-26-28-27-24(19-29-15-7-2-8-16-29)31(26)18-21-10-3-1-4-11-21/h1,3-4,10-11,22-23H,2,5-9,12-20H2. The number of rotatable bonds is 7. The highest BCUT2D eigenvalue weighted by atomic mass is 32.2. The number of fused-ring (bicyclic) bond motifs is 1. The first-order valence-electron chi connectivity index (χ1n) is 12.9. The van der Waals surface area contributed by atoms with E-state index in [0.29, 0.717) is 11.8 Å². The minimum absolute atomic E-state index is 0.281. The summed E-state index contributed by atoms with van der Waals surface area (Å²) < 4.78 is 2.24. The topological polar surface area (TPSA) is 54.3 Å². The normalized spacial score (nSPS) is 23.9. The second kappa shape index (κ2) is 11.0. The smallest absolute Gasteiger partial charge is 0.233 e. The maximum atomic E-state index is 13.3. The minimum Gasteiger partial charge on any atom is -0.339 e. The van der Waals surface area contributed by atoms with Gasteiger partial charge in [-0.05, 0) is 63.1 Å². The van der Waals surface area contributed by atoms with E-state index in [1.807, 2.05) is 0 Å². The van der Waals surface area contributed by atoms with Crippen molar-refractivity contribution in [2.24, 2.45) is 5.92 Å². The molecule has 0 radical (unpaired) electrons. The third kappa shape index (κ3) is 5.62. The lowest BCUT2D eigenvalue weighted by Gasteiger charge is -2.44. The van der Waals surface area contributed by atoms with Crippen LogP contribution in [0, 0.1) is 5.92 Å². The van der Waals surface area contributed by atoms with Crippen LogP contribution < -0.4 is 0 Å². The monoisotopic (exact) mass is 467 g/mol. The Balaban J connectivity index is 1.28. The molecule has 2 unspecified atom stereocenters. The van der Waals surface area contributed by atoms with Crippen molar-refractivity contribution in [3.63, 3.8) is 0 Å². The summed E-state index contributed by atoms with van der Waals surface area (Å²) >= 11 is 1.57. The summed E-state index contributed by atoms with van der Waals surface area (Å²) in [5.41, 5.74) is 1.24. The number of benzene rings is 1. The van der Waals surface area contributed by atoms with Gasteiger partial charge in [0.2, 0.25) is 5.91 Å². The first kappa shape index (κ1) is 22.9. The summed E-state index contributed by atoms with van der Waals surface area (Å²) in [5.74, 6) is 2.48. The Morgan fingerprint density at radius 1 is 0.879 bits per heavy atom. The van der Waals surface area contributed by atoms with E-state index < -0.39 is 0 Å². The van der Waals surface area contributed by atoms with Gasteiger partial charge < -0.3 is 9.47 Å². The van der Waals surface area contributed by atoms with E-state index >= 15 is 0 Å². The molecule has 1 aromatic heterocycles. The number of carbonyl (C=O) groups is 1. The third-order valence-electron chi connectivity index (χ3n) is 7.68. The average Bonchev–Trinajstić information content (AvgIpc) is 3.24. The van der Waals surface area contributed by atoms with Crippen molar-refractivity contribution in [2.75, 3.05) is 25.4 Å². The van der Waals surface area contributed by atoms with Crippen molar-refractivity contribution in [1.82, 2.24) is 24.6 Å². The van der Waals surface area contributed by atoms with E-state index in [1.165, 1.54) is 56.9 Å². The number of aromatic nitrogens is 3. The van der Waals surface area contributed by atoms with Crippen LogP contribution in [0.2, 0.25) is 0 Å². The lowest BCUT2D eigenvalue weighted by molar-refractivity contribution is -0.134. The molecule has 2 aromatic rings. The van der Waals surface area contributed by atoms with Gasteiger partial charge in [-0.15, -0.1) is 10.2 Å². The molecule has 6 nitrogen and oxygen atoms in total. The fourth-order valence-electron chi connectivity index (χ4n) is 5.93. The van der Waals surface area contributed by atoms with Crippen LogP contribution in [0.4, 0.5) is 0 Å². The molecule has 7 heteroatoms. The van der Waals surface area contributed by atoms with Crippen LogP contribution in [0.25, 0.3) is 0 Å². The number of hydrogen-bond acceptors (Lipinski definition) is 5. The fourth-order valence-corrected chi connectivity index (χ4v) is 6.77. The van der Waals surface area contributed by atoms with Crippen LogP contribution in [0.1, 0.15) is 69.2 Å². The number of carbonyl (C=O) groups excluding carboxylic acids is 1. The third-order valence-corrected chi connectivity index (χ3v) is 8.63. The van der Waals surface area contributed by atoms with Crippen molar-refractivity contribution in [3.05, 3.63) is 41.7 Å². The summed E-state index contributed by atoms with van der Waals surface area (Å²) in [7, 11) is 0. The summed E-state index contributed by atoms with van der Waals surface area (Å²) in [6.45, 7) is 4.79. The number of nitrogens with zero attached hydrogens (tertiary/aromatic N) is 5. The largest absolute Gasteiger partial charge is 0.339 e. The van der Waals surface area contributed by atoms with Gasteiger partial charge in [-0.25, -0.2) is 0 Å². The van der Waals surface area contributed by atoms with Gasteiger partial charge in [0.05, 0.1) is 18.8 Å². The number of piperidine rings is 2. The van der Waals surface area contributed by atoms with E-state index in [0.717, 1.165) is 56.0 Å². The van der Waals surface area contributed by atoms with Crippen LogP contribution in [0.3, 0.4) is 0 Å². The van der Waals surface area contributed by atoms with E-state index in [1.54, 1.807) is 11.8 Å². The molecule has 2 saturated heterocycles. The van der Waals surface area contributed by atoms with Gasteiger partial charge in [-0.2, -0.15) is 0 Å². The molecule has 1 saturated carbocycles. The number of amides is 1. The summed E-state index contributed by atoms with van der Waals surface area (Å²) in [5, 5.41) is 10.0. The van der Waals surface area contributed by atoms with Gasteiger partial charge >= 0.3 is 0 Å². The van der Waals surface area contributed by atoms with Crippen molar-refractivity contribution < 1.29 is 4.79 Å². The molecule has 2 atom stereocenters. The zero-order valence-electron chi connectivity index (χ0n) is 19.7. The number of thioether (sulfide) groups is 1. The molecule has 5 rings (SSSR count). The first-order valence-corrected chi connectivity index (χ1v) is 13.9. The second-order valence-electron chi connectivity index (χ2n) is 9.94. The van der Waals surface area contributed by atoms with Crippen molar-refractivity contribution >= 4 is 17.7 Å². The minimum atomic E-state index is 0.281. The molecule has 0 bridgehead atoms. The Morgan fingerprint density at radius 2 is 1.67 bits per heavy atom. The zero-order valence-corrected chi connectivity index (χ0v) is 20.5. The predicted octanol–water partition coefficient (Wildman–Crippen LogP) is 4.59. The molecule has 1 amide bonds. The molecule has 0 spiro atoms. The number of likely N-dealkylation sites (tertiary alicyclic amines) is 2. The van der Waals surface area contributed by atoms with Crippen molar-refractivity contribution in [2.45, 2.75) is 82.1 Å². The maximum absolute atomic E-state index is 13.3. The highest BCUT2D eigenvalue weighted by molar-refractivity contribution is 7.99. The lowest BCUT2D eigenvalue weighted by Crippen LogP contribution is -2.50. The molecule has 3 heterocycles. The zero-order chi connectivity index (χ0) is 22.5. The second-order valence-corrected chi connectivity index (χ2v) is 10.9. The van der Waals surface area contributed by atoms with Gasteiger partial charge in [0, 0.05) is 12.6 Å². The summed E-state index contributed by atoms with van der Waals surface area (Å²) in [6, 6.07) is 11.0. The van der Waals surface area contributed by atoms with E-state index in [9.17, 15) is 4.79 Å². The van der Waals surface area contributed by atoms with Crippen molar-refractivity contribution in [3.8, 4) is 0 Å². The molecular weight excluding hydrogens is 430 g/mol. The predicted molar refractivity (Wildman–Crippen MR) is 132 cm³/mol. The molecule has 3 aliphatic rings. The van der Waals surface area contributed by atoms with Gasteiger partial charge in [0.25, 0.3) is 0 Å². The van der Waals surface area contributed by atoms with E-state index in [-0.39, 0.29) is 5.91 Å². The van der Waals surface area contributed by atoms with Crippen LogP contribution >= 0.6 is 11.8 Å². The molecule has 33 heavy (non-hydrogen) atoms. The summed E-state index contributed by atoms with van der Waals surface area (Å²) in [4.78, 5) is 18.0. The molecule has 3 fully saturated rings. The number of hydrogen-bond donors (Lipinski definition) is 0. The van der Waals surface area contributed by atoms with Crippen LogP contribution in [0.5, 0.6) is 0 Å². The molecule has 2 aliphatic heterocycles.